The number of hydrogen-bond donors (Lipinski definition) is 1. The minimum Gasteiger partial charge on any atom is -0.386 e. The third-order valence-corrected chi connectivity index (χ3v) is 5.73. The first-order valence-corrected chi connectivity index (χ1v) is 12.3. The molecule has 0 heterocycles. The van der Waals surface area contributed by atoms with Crippen molar-refractivity contribution in [1.29, 1.82) is 0 Å². The summed E-state index contributed by atoms with van der Waals surface area (Å²) in [7, 11) is 0. The van der Waals surface area contributed by atoms with E-state index in [2.05, 4.69) is 57.3 Å². The minimum atomic E-state index is -0.787. The summed E-state index contributed by atoms with van der Waals surface area (Å²) in [6, 6.07) is 13.9. The highest BCUT2D eigenvalue weighted by Crippen LogP contribution is 2.24. The monoisotopic (exact) mass is 512 g/mol. The maximum atomic E-state index is 9.89. The average molecular weight is 514 g/mol. The Morgan fingerprint density at radius 1 is 1.09 bits per heavy atom. The van der Waals surface area contributed by atoms with Gasteiger partial charge in [-0.15, -0.1) is 0 Å². The Kier molecular flexibility index (Phi) is 16.4. The van der Waals surface area contributed by atoms with Crippen molar-refractivity contribution in [2.75, 3.05) is 0 Å². The van der Waals surface area contributed by atoms with Crippen LogP contribution in [0, 0.1) is 6.92 Å². The summed E-state index contributed by atoms with van der Waals surface area (Å²) >= 11 is 11.7. The van der Waals surface area contributed by atoms with Crippen molar-refractivity contribution in [3.8, 4) is 0 Å². The van der Waals surface area contributed by atoms with E-state index in [1.165, 1.54) is 30.5 Å². The molecule has 2 aromatic carbocycles. The van der Waals surface area contributed by atoms with Gasteiger partial charge in [-0.05, 0) is 86.6 Å². The number of carbonyl (C=O) groups excluding carboxylic acids is 1. The van der Waals surface area contributed by atoms with Crippen LogP contribution in [0.3, 0.4) is 0 Å². The van der Waals surface area contributed by atoms with Crippen molar-refractivity contribution in [3.05, 3.63) is 124 Å². The lowest BCUT2D eigenvalue weighted by Crippen LogP contribution is -2.10. The Morgan fingerprint density at radius 3 is 2.03 bits per heavy atom. The van der Waals surface area contributed by atoms with Crippen LogP contribution in [-0.2, 0) is 11.2 Å². The Morgan fingerprint density at radius 2 is 1.63 bits per heavy atom. The normalized spacial score (nSPS) is 12.1. The average Bonchev–Trinajstić information content (AvgIpc) is 2.80. The molecule has 0 aliphatic rings. The van der Waals surface area contributed by atoms with Crippen LogP contribution < -0.4 is 0 Å². The molecule has 0 saturated heterocycles. The van der Waals surface area contributed by atoms with Gasteiger partial charge in [-0.2, -0.15) is 0 Å². The fourth-order valence-corrected chi connectivity index (χ4v) is 3.48. The van der Waals surface area contributed by atoms with Gasteiger partial charge >= 0.3 is 0 Å². The first-order valence-electron chi connectivity index (χ1n) is 11.5. The van der Waals surface area contributed by atoms with Crippen LogP contribution in [0.25, 0.3) is 5.57 Å². The number of halogens is 2. The Bertz CT molecular complexity index is 1050. The molecule has 2 aromatic rings. The second-order valence-corrected chi connectivity index (χ2v) is 8.67. The van der Waals surface area contributed by atoms with Crippen molar-refractivity contribution in [2.24, 2.45) is 0 Å². The molecular formula is C31H38Cl2O2. The van der Waals surface area contributed by atoms with Gasteiger partial charge in [-0.1, -0.05) is 104 Å². The number of benzene rings is 2. The van der Waals surface area contributed by atoms with E-state index in [9.17, 15) is 4.79 Å². The molecule has 0 radical (unpaired) electrons. The lowest BCUT2D eigenvalue weighted by Gasteiger charge is -2.08. The molecule has 188 valence electrons. The molecule has 2 nitrogen and oxygen atoms in total. The van der Waals surface area contributed by atoms with E-state index in [0.29, 0.717) is 0 Å². The van der Waals surface area contributed by atoms with Gasteiger partial charge in [-0.3, -0.25) is 4.79 Å². The van der Waals surface area contributed by atoms with Crippen molar-refractivity contribution in [1.82, 2.24) is 0 Å². The van der Waals surface area contributed by atoms with Crippen LogP contribution in [0.2, 0.25) is 10.0 Å². The molecule has 0 aliphatic carbocycles. The van der Waals surface area contributed by atoms with E-state index < -0.39 is 6.10 Å². The maximum absolute atomic E-state index is 9.89. The number of ketones is 1. The predicted octanol–water partition coefficient (Wildman–Crippen LogP) is 9.16. The van der Waals surface area contributed by atoms with E-state index >= 15 is 0 Å². The third-order valence-electron chi connectivity index (χ3n) is 5.02. The summed E-state index contributed by atoms with van der Waals surface area (Å²) < 4.78 is 0. The summed E-state index contributed by atoms with van der Waals surface area (Å²) in [5.74, 6) is -0.185. The number of aliphatic hydroxyl groups excluding tert-OH is 1. The number of Topliss-reactive ketones (excluding diaryl/α,β-unsaturated/α-hetero) is 1. The first-order chi connectivity index (χ1) is 16.5. The molecule has 35 heavy (non-hydrogen) atoms. The molecule has 1 atom stereocenters. The van der Waals surface area contributed by atoms with E-state index in [1.54, 1.807) is 0 Å². The Balaban J connectivity index is 0.000000598. The number of allylic oxidation sites excluding steroid dienone is 8. The number of hydrogen-bond acceptors (Lipinski definition) is 2. The van der Waals surface area contributed by atoms with Crippen LogP contribution in [0.15, 0.2) is 97.1 Å². The maximum Gasteiger partial charge on any atom is 0.157 e. The zero-order chi connectivity index (χ0) is 27.0. The van der Waals surface area contributed by atoms with Gasteiger partial charge in [0.05, 0.1) is 0 Å². The lowest BCUT2D eigenvalue weighted by molar-refractivity contribution is -0.124. The van der Waals surface area contributed by atoms with Crippen molar-refractivity contribution < 1.29 is 9.90 Å². The van der Waals surface area contributed by atoms with E-state index in [0.717, 1.165) is 33.2 Å². The van der Waals surface area contributed by atoms with Crippen molar-refractivity contribution in [2.45, 2.75) is 54.1 Å². The molecule has 0 aliphatic heterocycles. The second-order valence-electron chi connectivity index (χ2n) is 7.86. The second kappa shape index (κ2) is 17.7. The predicted molar refractivity (Wildman–Crippen MR) is 155 cm³/mol. The van der Waals surface area contributed by atoms with Gasteiger partial charge in [0.25, 0.3) is 0 Å². The molecule has 0 fully saturated rings. The smallest absolute Gasteiger partial charge is 0.157 e. The topological polar surface area (TPSA) is 37.3 Å². The summed E-state index contributed by atoms with van der Waals surface area (Å²) in [5, 5.41) is 9.80. The minimum absolute atomic E-state index is 0.185. The SMILES string of the molecule is C=C/C(=C\C=C/C)C(=C)/C=C(/C)c1ccccc1C.CC(=O)C(C)O.CCc1c(Cl)cccc1Cl. The van der Waals surface area contributed by atoms with Crippen molar-refractivity contribution in [3.63, 3.8) is 0 Å². The molecule has 0 bridgehead atoms. The van der Waals surface area contributed by atoms with Gasteiger partial charge in [-0.25, -0.2) is 0 Å². The quantitative estimate of drug-likeness (QED) is 0.375. The highest BCUT2D eigenvalue weighted by Gasteiger charge is 2.02. The molecule has 0 aromatic heterocycles. The molecule has 0 amide bonds. The highest BCUT2D eigenvalue weighted by molar-refractivity contribution is 6.35. The zero-order valence-corrected chi connectivity index (χ0v) is 23.3. The van der Waals surface area contributed by atoms with Gasteiger partial charge < -0.3 is 5.11 Å². The third kappa shape index (κ3) is 12.6. The fourth-order valence-electron chi connectivity index (χ4n) is 2.81. The number of aliphatic hydroxyl groups is 1. The van der Waals surface area contributed by atoms with Gasteiger partial charge in [0.2, 0.25) is 0 Å². The molecule has 4 heteroatoms. The summed E-state index contributed by atoms with van der Waals surface area (Å²) in [4.78, 5) is 9.89. The summed E-state index contributed by atoms with van der Waals surface area (Å²) in [6.07, 6.45) is 10.1. The molecule has 2 rings (SSSR count). The number of carbonyl (C=O) groups is 1. The molecule has 0 spiro atoms. The van der Waals surface area contributed by atoms with Crippen LogP contribution in [0.4, 0.5) is 0 Å². The molecular weight excluding hydrogens is 475 g/mol. The highest BCUT2D eigenvalue weighted by atomic mass is 35.5. The van der Waals surface area contributed by atoms with E-state index in [4.69, 9.17) is 28.3 Å². The molecule has 1 unspecified atom stereocenters. The fraction of sp³-hybridized carbons (Fsp3) is 0.258. The summed E-state index contributed by atoms with van der Waals surface area (Å²) in [5.41, 5.74) is 6.82. The van der Waals surface area contributed by atoms with Gasteiger partial charge in [0.1, 0.15) is 6.10 Å². The molecule has 1 N–H and O–H groups in total. The van der Waals surface area contributed by atoms with Gasteiger partial charge in [0.15, 0.2) is 5.78 Å². The zero-order valence-electron chi connectivity index (χ0n) is 21.7. The van der Waals surface area contributed by atoms with E-state index in [1.807, 2.05) is 56.4 Å². The first kappa shape index (κ1) is 32.4. The Labute approximate surface area is 222 Å². The van der Waals surface area contributed by atoms with E-state index in [-0.39, 0.29) is 5.78 Å². The standard InChI is InChI=1S/C19H22.C8H8Cl2.C4H8O2/c1-6-8-12-18(7-2)16(4)14-17(5)19-13-10-9-11-15(19)3;1-2-6-7(9)4-3-5-8(6)10;1-3(5)4(2)6/h6-14H,2,4H2,1,3,5H3;3-5H,2H2,1H3;3,5H,1-2H3/b8-6-,17-14-,18-12+;;. The van der Waals surface area contributed by atoms with Crippen LogP contribution in [-0.4, -0.2) is 17.0 Å². The molecule has 0 saturated carbocycles. The lowest BCUT2D eigenvalue weighted by atomic mass is 9.98. The summed E-state index contributed by atoms with van der Waals surface area (Å²) in [6.45, 7) is 19.0. The van der Waals surface area contributed by atoms with Gasteiger partial charge in [0, 0.05) is 10.0 Å². The number of aryl methyl sites for hydroxylation is 1. The van der Waals surface area contributed by atoms with Crippen molar-refractivity contribution >= 4 is 34.6 Å². The number of rotatable bonds is 7. The largest absolute Gasteiger partial charge is 0.386 e. The van der Waals surface area contributed by atoms with Crippen LogP contribution >= 0.6 is 23.2 Å². The Hall–Kier alpha value is -2.65. The van der Waals surface area contributed by atoms with Crippen LogP contribution in [0.1, 0.15) is 51.3 Å². The van der Waals surface area contributed by atoms with Crippen LogP contribution in [0.5, 0.6) is 0 Å².